The zero-order valence-corrected chi connectivity index (χ0v) is 12.2. The Labute approximate surface area is 112 Å². The van der Waals surface area contributed by atoms with E-state index >= 15 is 0 Å². The van der Waals surface area contributed by atoms with E-state index < -0.39 is 5.54 Å². The number of thioether (sulfide) groups is 1. The Hall–Kier alpha value is -1.01. The van der Waals surface area contributed by atoms with Crippen LogP contribution in [0.15, 0.2) is 17.3 Å². The Balaban J connectivity index is 2.63. The Morgan fingerprint density at radius 2 is 2.39 bits per heavy atom. The van der Waals surface area contributed by atoms with Crippen LogP contribution in [0.2, 0.25) is 0 Å². The predicted molar refractivity (Wildman–Crippen MR) is 72.6 cm³/mol. The Kier molecular flexibility index (Phi) is 5.68. The van der Waals surface area contributed by atoms with E-state index in [1.165, 1.54) is 7.11 Å². The van der Waals surface area contributed by atoms with Crippen LogP contribution in [0.1, 0.15) is 20.3 Å². The van der Waals surface area contributed by atoms with Gasteiger partial charge in [-0.15, -0.1) is 11.8 Å². The molecule has 0 aromatic carbocycles. The highest BCUT2D eigenvalue weighted by atomic mass is 32.2. The summed E-state index contributed by atoms with van der Waals surface area (Å²) in [5.41, 5.74) is -0.661. The Bertz CT molecular complexity index is 394. The molecule has 5 nitrogen and oxygen atoms in total. The molecule has 1 N–H and O–H groups in total. The fraction of sp³-hybridized carbons (Fsp3) is 0.667. The van der Waals surface area contributed by atoms with Crippen LogP contribution in [0.3, 0.4) is 0 Å². The van der Waals surface area contributed by atoms with Crippen molar-refractivity contribution in [2.24, 2.45) is 7.05 Å². The number of methoxy groups -OCH3 is 1. The number of aromatic nitrogens is 2. The monoisotopic (exact) mass is 271 g/mol. The maximum Gasteiger partial charge on any atom is 0.326 e. The SMILES string of the molecule is CCCNC(C)(CSc1cnn(C)c1)C(=O)OC. The van der Waals surface area contributed by atoms with Crippen molar-refractivity contribution in [1.29, 1.82) is 0 Å². The summed E-state index contributed by atoms with van der Waals surface area (Å²) in [7, 11) is 3.29. The molecule has 1 unspecified atom stereocenters. The molecule has 102 valence electrons. The number of carbonyl (C=O) groups is 1. The van der Waals surface area contributed by atoms with Gasteiger partial charge < -0.3 is 10.1 Å². The van der Waals surface area contributed by atoms with E-state index in [1.54, 1.807) is 22.6 Å². The number of nitrogens with one attached hydrogen (secondary N) is 1. The first kappa shape index (κ1) is 15.0. The van der Waals surface area contributed by atoms with Gasteiger partial charge in [-0.05, 0) is 19.9 Å². The number of rotatable bonds is 7. The van der Waals surface area contributed by atoms with Crippen molar-refractivity contribution < 1.29 is 9.53 Å². The molecular formula is C12H21N3O2S. The molecule has 1 rings (SSSR count). The lowest BCUT2D eigenvalue weighted by molar-refractivity contribution is -0.146. The summed E-state index contributed by atoms with van der Waals surface area (Å²) in [5, 5.41) is 7.35. The van der Waals surface area contributed by atoms with E-state index in [-0.39, 0.29) is 5.97 Å². The lowest BCUT2D eigenvalue weighted by Gasteiger charge is -2.27. The number of carbonyl (C=O) groups excluding carboxylic acids is 1. The second-order valence-corrected chi connectivity index (χ2v) is 5.44. The quantitative estimate of drug-likeness (QED) is 0.601. The average Bonchev–Trinajstić information content (AvgIpc) is 2.78. The third-order valence-corrected chi connectivity index (χ3v) is 3.88. The van der Waals surface area contributed by atoms with Gasteiger partial charge in [0.1, 0.15) is 5.54 Å². The first-order valence-corrected chi connectivity index (χ1v) is 6.95. The highest BCUT2D eigenvalue weighted by molar-refractivity contribution is 7.99. The summed E-state index contributed by atoms with van der Waals surface area (Å²) in [6.45, 7) is 4.73. The lowest BCUT2D eigenvalue weighted by Crippen LogP contribution is -2.52. The molecule has 0 spiro atoms. The van der Waals surface area contributed by atoms with Crippen molar-refractivity contribution in [2.45, 2.75) is 30.7 Å². The Morgan fingerprint density at radius 1 is 1.67 bits per heavy atom. The van der Waals surface area contributed by atoms with Crippen molar-refractivity contribution in [2.75, 3.05) is 19.4 Å². The molecule has 0 aliphatic rings. The van der Waals surface area contributed by atoms with Crippen molar-refractivity contribution in [1.82, 2.24) is 15.1 Å². The summed E-state index contributed by atoms with van der Waals surface area (Å²) < 4.78 is 6.62. The third kappa shape index (κ3) is 4.03. The number of esters is 1. The molecule has 0 bridgehead atoms. The molecule has 0 saturated carbocycles. The number of aryl methyl sites for hydroxylation is 1. The fourth-order valence-electron chi connectivity index (χ4n) is 1.51. The van der Waals surface area contributed by atoms with Gasteiger partial charge in [-0.3, -0.25) is 9.48 Å². The summed E-state index contributed by atoms with van der Waals surface area (Å²) >= 11 is 1.60. The summed E-state index contributed by atoms with van der Waals surface area (Å²) in [6.07, 6.45) is 4.70. The molecule has 1 aromatic heterocycles. The van der Waals surface area contributed by atoms with Crippen LogP contribution in [0.25, 0.3) is 0 Å². The first-order valence-electron chi connectivity index (χ1n) is 5.96. The molecular weight excluding hydrogens is 250 g/mol. The minimum absolute atomic E-state index is 0.229. The number of ether oxygens (including phenoxy) is 1. The summed E-state index contributed by atoms with van der Waals surface area (Å²) in [6, 6.07) is 0. The molecule has 1 aromatic rings. The van der Waals surface area contributed by atoms with E-state index in [1.807, 2.05) is 20.2 Å². The summed E-state index contributed by atoms with van der Waals surface area (Å²) in [4.78, 5) is 12.9. The second-order valence-electron chi connectivity index (χ2n) is 4.39. The average molecular weight is 271 g/mol. The normalized spacial score (nSPS) is 14.2. The van der Waals surface area contributed by atoms with Crippen LogP contribution < -0.4 is 5.32 Å². The van der Waals surface area contributed by atoms with Gasteiger partial charge in [-0.25, -0.2) is 0 Å². The van der Waals surface area contributed by atoms with E-state index in [2.05, 4.69) is 17.3 Å². The molecule has 0 amide bonds. The van der Waals surface area contributed by atoms with Gasteiger partial charge in [-0.1, -0.05) is 6.92 Å². The molecule has 0 radical (unpaired) electrons. The minimum atomic E-state index is -0.661. The predicted octanol–water partition coefficient (Wildman–Crippen LogP) is 1.44. The van der Waals surface area contributed by atoms with Gasteiger partial charge in [0.05, 0.1) is 13.3 Å². The highest BCUT2D eigenvalue weighted by Crippen LogP contribution is 2.22. The molecule has 1 atom stereocenters. The van der Waals surface area contributed by atoms with Crippen LogP contribution in [0.4, 0.5) is 0 Å². The largest absolute Gasteiger partial charge is 0.468 e. The first-order chi connectivity index (χ1) is 8.51. The maximum absolute atomic E-state index is 11.8. The van der Waals surface area contributed by atoms with Gasteiger partial charge in [-0.2, -0.15) is 5.10 Å². The van der Waals surface area contributed by atoms with Crippen LogP contribution in [-0.2, 0) is 16.6 Å². The third-order valence-electron chi connectivity index (χ3n) is 2.61. The standard InChI is InChI=1S/C12H21N3O2S/c1-5-6-13-12(2,11(16)17-4)9-18-10-7-14-15(3)8-10/h7-8,13H,5-6,9H2,1-4H3. The number of hydrogen-bond acceptors (Lipinski definition) is 5. The van der Waals surface area contributed by atoms with Crippen LogP contribution in [0.5, 0.6) is 0 Å². The topological polar surface area (TPSA) is 56.2 Å². The van der Waals surface area contributed by atoms with Gasteiger partial charge in [0.15, 0.2) is 0 Å². The number of hydrogen-bond donors (Lipinski definition) is 1. The van der Waals surface area contributed by atoms with Gasteiger partial charge >= 0.3 is 5.97 Å². The van der Waals surface area contributed by atoms with Crippen molar-refractivity contribution in [3.8, 4) is 0 Å². The van der Waals surface area contributed by atoms with Crippen molar-refractivity contribution >= 4 is 17.7 Å². The van der Waals surface area contributed by atoms with E-state index in [0.717, 1.165) is 17.9 Å². The summed E-state index contributed by atoms with van der Waals surface area (Å²) in [5.74, 6) is 0.387. The molecule has 0 saturated heterocycles. The van der Waals surface area contributed by atoms with Gasteiger partial charge in [0, 0.05) is 23.9 Å². The molecule has 6 heteroatoms. The second kappa shape index (κ2) is 6.80. The molecule has 0 fully saturated rings. The van der Waals surface area contributed by atoms with E-state index in [9.17, 15) is 4.79 Å². The smallest absolute Gasteiger partial charge is 0.326 e. The van der Waals surface area contributed by atoms with Crippen molar-refractivity contribution in [3.63, 3.8) is 0 Å². The minimum Gasteiger partial charge on any atom is -0.468 e. The van der Waals surface area contributed by atoms with Crippen LogP contribution in [-0.4, -0.2) is 40.7 Å². The van der Waals surface area contributed by atoms with Crippen molar-refractivity contribution in [3.05, 3.63) is 12.4 Å². The van der Waals surface area contributed by atoms with E-state index in [4.69, 9.17) is 4.74 Å². The maximum atomic E-state index is 11.8. The Morgan fingerprint density at radius 3 is 2.89 bits per heavy atom. The van der Waals surface area contributed by atoms with Gasteiger partial charge in [0.25, 0.3) is 0 Å². The van der Waals surface area contributed by atoms with Crippen LogP contribution >= 0.6 is 11.8 Å². The van der Waals surface area contributed by atoms with Crippen LogP contribution in [0, 0.1) is 0 Å². The molecule has 0 aliphatic heterocycles. The fourth-order valence-corrected chi connectivity index (χ4v) is 2.53. The molecule has 1 heterocycles. The zero-order valence-electron chi connectivity index (χ0n) is 11.4. The molecule has 0 aliphatic carbocycles. The molecule has 18 heavy (non-hydrogen) atoms. The lowest BCUT2D eigenvalue weighted by atomic mass is 10.1. The highest BCUT2D eigenvalue weighted by Gasteiger charge is 2.33. The number of nitrogens with zero attached hydrogens (tertiary/aromatic N) is 2. The van der Waals surface area contributed by atoms with Gasteiger partial charge in [0.2, 0.25) is 0 Å². The van der Waals surface area contributed by atoms with E-state index in [0.29, 0.717) is 5.75 Å². The zero-order chi connectivity index (χ0) is 13.6.